The number of nitrogens with two attached hydrogens (primary N) is 1. The van der Waals surface area contributed by atoms with Crippen molar-refractivity contribution in [2.45, 2.75) is 26.7 Å². The van der Waals surface area contributed by atoms with Crippen LogP contribution in [0.15, 0.2) is 0 Å². The van der Waals surface area contributed by atoms with Gasteiger partial charge >= 0.3 is 6.09 Å². The molecule has 0 aromatic carbocycles. The van der Waals surface area contributed by atoms with Gasteiger partial charge < -0.3 is 20.7 Å². The Labute approximate surface area is 121 Å². The van der Waals surface area contributed by atoms with Gasteiger partial charge in [0.25, 0.3) is 6.02 Å². The molecule has 0 bridgehead atoms. The standard InChI is InChI=1S/C12H24N4O2.ClH/c1-9(2)7-15-12(17)18-11(14)16-5-3-4-10(6-13)8-16;/h9-10,14H,3-8,13H2,1-2H3,(H,15,17);1H/t10-;/m0./s1. The molecular weight excluding hydrogens is 268 g/mol. The number of piperidine rings is 1. The fourth-order valence-electron chi connectivity index (χ4n) is 1.92. The normalized spacial score (nSPS) is 18.7. The maximum atomic E-state index is 11.4. The van der Waals surface area contributed by atoms with Gasteiger partial charge in [0.1, 0.15) is 0 Å². The lowest BCUT2D eigenvalue weighted by Crippen LogP contribution is -2.44. The van der Waals surface area contributed by atoms with E-state index in [-0.39, 0.29) is 18.4 Å². The van der Waals surface area contributed by atoms with Gasteiger partial charge in [0.15, 0.2) is 0 Å². The minimum absolute atomic E-state index is 0. The zero-order chi connectivity index (χ0) is 13.5. The van der Waals surface area contributed by atoms with Crippen molar-refractivity contribution >= 4 is 24.5 Å². The summed E-state index contributed by atoms with van der Waals surface area (Å²) in [5, 5.41) is 10.4. The molecule has 1 heterocycles. The van der Waals surface area contributed by atoms with Gasteiger partial charge in [0, 0.05) is 19.6 Å². The van der Waals surface area contributed by atoms with Crippen molar-refractivity contribution in [2.24, 2.45) is 17.6 Å². The molecule has 1 rings (SSSR count). The summed E-state index contributed by atoms with van der Waals surface area (Å²) in [6, 6.07) is -0.0746. The van der Waals surface area contributed by atoms with Gasteiger partial charge in [-0.1, -0.05) is 13.8 Å². The fourth-order valence-corrected chi connectivity index (χ4v) is 1.92. The highest BCUT2D eigenvalue weighted by atomic mass is 35.5. The first-order valence-electron chi connectivity index (χ1n) is 6.52. The van der Waals surface area contributed by atoms with Crippen molar-refractivity contribution < 1.29 is 9.53 Å². The first kappa shape index (κ1) is 18.0. The first-order valence-corrected chi connectivity index (χ1v) is 6.52. The number of likely N-dealkylation sites (tertiary alicyclic amines) is 1. The van der Waals surface area contributed by atoms with E-state index < -0.39 is 6.09 Å². The van der Waals surface area contributed by atoms with E-state index in [1.807, 2.05) is 13.8 Å². The summed E-state index contributed by atoms with van der Waals surface area (Å²) in [7, 11) is 0. The zero-order valence-electron chi connectivity index (χ0n) is 11.6. The molecule has 0 spiro atoms. The second-order valence-corrected chi connectivity index (χ2v) is 5.16. The minimum Gasteiger partial charge on any atom is -0.376 e. The number of rotatable bonds is 3. The third-order valence-corrected chi connectivity index (χ3v) is 2.98. The number of amides is 1. The zero-order valence-corrected chi connectivity index (χ0v) is 12.5. The second kappa shape index (κ2) is 8.98. The number of alkyl carbamates (subject to hydrolysis) is 1. The van der Waals surface area contributed by atoms with Crippen LogP contribution < -0.4 is 11.1 Å². The molecule has 1 fully saturated rings. The van der Waals surface area contributed by atoms with E-state index in [0.29, 0.717) is 31.5 Å². The number of carbonyl (C=O) groups excluding carboxylic acids is 1. The second-order valence-electron chi connectivity index (χ2n) is 5.16. The largest absolute Gasteiger partial charge is 0.415 e. The monoisotopic (exact) mass is 292 g/mol. The Morgan fingerprint density at radius 2 is 2.26 bits per heavy atom. The number of amidine groups is 1. The van der Waals surface area contributed by atoms with Crippen LogP contribution in [0.5, 0.6) is 0 Å². The number of nitrogens with one attached hydrogen (secondary N) is 2. The molecule has 4 N–H and O–H groups in total. The van der Waals surface area contributed by atoms with Crippen molar-refractivity contribution in [3.63, 3.8) is 0 Å². The quantitative estimate of drug-likeness (QED) is 0.541. The van der Waals surface area contributed by atoms with Gasteiger partial charge in [0.2, 0.25) is 0 Å². The molecule has 0 radical (unpaired) electrons. The summed E-state index contributed by atoms with van der Waals surface area (Å²) in [5.74, 6) is 0.754. The summed E-state index contributed by atoms with van der Waals surface area (Å²) < 4.78 is 4.95. The van der Waals surface area contributed by atoms with Crippen LogP contribution in [0.25, 0.3) is 0 Å². The number of hydrogen-bond acceptors (Lipinski definition) is 4. The van der Waals surface area contributed by atoms with E-state index >= 15 is 0 Å². The molecular formula is C12H25ClN4O2. The molecule has 7 heteroatoms. The SMILES string of the molecule is CC(C)CNC(=O)OC(=N)N1CCC[C@@H](CN)C1.Cl. The summed E-state index contributed by atoms with van der Waals surface area (Å²) >= 11 is 0. The van der Waals surface area contributed by atoms with E-state index in [9.17, 15) is 4.79 Å². The highest BCUT2D eigenvalue weighted by Gasteiger charge is 2.23. The Morgan fingerprint density at radius 3 is 2.84 bits per heavy atom. The van der Waals surface area contributed by atoms with E-state index in [2.05, 4.69) is 5.32 Å². The molecule has 1 aliphatic rings. The van der Waals surface area contributed by atoms with Gasteiger partial charge in [0.05, 0.1) is 0 Å². The molecule has 112 valence electrons. The van der Waals surface area contributed by atoms with Gasteiger partial charge in [-0.15, -0.1) is 12.4 Å². The molecule has 1 atom stereocenters. The average molecular weight is 293 g/mol. The van der Waals surface area contributed by atoms with Crippen LogP contribution in [0.1, 0.15) is 26.7 Å². The van der Waals surface area contributed by atoms with Crippen molar-refractivity contribution in [1.29, 1.82) is 5.41 Å². The van der Waals surface area contributed by atoms with Gasteiger partial charge in [-0.05, 0) is 31.2 Å². The highest BCUT2D eigenvalue weighted by molar-refractivity contribution is 5.85. The third-order valence-electron chi connectivity index (χ3n) is 2.98. The van der Waals surface area contributed by atoms with Crippen LogP contribution in [0.2, 0.25) is 0 Å². The van der Waals surface area contributed by atoms with Crippen LogP contribution in [-0.2, 0) is 4.74 Å². The van der Waals surface area contributed by atoms with Crippen LogP contribution in [-0.4, -0.2) is 43.2 Å². The third kappa shape index (κ3) is 6.63. The summed E-state index contributed by atoms with van der Waals surface area (Å²) in [6.07, 6.45) is 1.52. The molecule has 0 aromatic rings. The molecule has 6 nitrogen and oxygen atoms in total. The molecule has 1 saturated heterocycles. The molecule has 0 aromatic heterocycles. The van der Waals surface area contributed by atoms with Crippen molar-refractivity contribution in [3.05, 3.63) is 0 Å². The lowest BCUT2D eigenvalue weighted by atomic mass is 9.99. The Kier molecular flexibility index (Phi) is 8.51. The van der Waals surface area contributed by atoms with Crippen LogP contribution in [0.4, 0.5) is 4.79 Å². The predicted octanol–water partition coefficient (Wildman–Crippen LogP) is 1.40. The molecule has 0 unspecified atom stereocenters. The average Bonchev–Trinajstić information content (AvgIpc) is 2.36. The Balaban J connectivity index is 0.00000324. The predicted molar refractivity (Wildman–Crippen MR) is 77.6 cm³/mol. The lowest BCUT2D eigenvalue weighted by molar-refractivity contribution is 0.169. The van der Waals surface area contributed by atoms with Gasteiger partial charge in [-0.25, -0.2) is 4.79 Å². The lowest BCUT2D eigenvalue weighted by Gasteiger charge is -2.32. The topological polar surface area (TPSA) is 91.4 Å². The van der Waals surface area contributed by atoms with E-state index in [1.54, 1.807) is 4.90 Å². The maximum Gasteiger partial charge on any atom is 0.415 e. The number of carbonyl (C=O) groups is 1. The van der Waals surface area contributed by atoms with Crippen molar-refractivity contribution in [1.82, 2.24) is 10.2 Å². The highest BCUT2D eigenvalue weighted by Crippen LogP contribution is 2.15. The van der Waals surface area contributed by atoms with E-state index in [0.717, 1.165) is 19.4 Å². The molecule has 0 aliphatic carbocycles. The molecule has 1 aliphatic heterocycles. The Bertz CT molecular complexity index is 299. The van der Waals surface area contributed by atoms with E-state index in [1.165, 1.54) is 0 Å². The molecule has 0 saturated carbocycles. The Morgan fingerprint density at radius 1 is 1.58 bits per heavy atom. The van der Waals surface area contributed by atoms with E-state index in [4.69, 9.17) is 15.9 Å². The smallest absolute Gasteiger partial charge is 0.376 e. The van der Waals surface area contributed by atoms with Gasteiger partial charge in [-0.3, -0.25) is 5.41 Å². The Hall–Kier alpha value is -1.01. The fraction of sp³-hybridized carbons (Fsp3) is 0.833. The minimum atomic E-state index is -0.552. The number of nitrogens with zero attached hydrogens (tertiary/aromatic N) is 1. The van der Waals surface area contributed by atoms with Crippen LogP contribution in [0, 0.1) is 17.2 Å². The van der Waals surface area contributed by atoms with Crippen molar-refractivity contribution in [3.8, 4) is 0 Å². The number of hydrogen-bond donors (Lipinski definition) is 3. The summed E-state index contributed by atoms with van der Waals surface area (Å²) in [5.41, 5.74) is 5.63. The molecule has 19 heavy (non-hydrogen) atoms. The van der Waals surface area contributed by atoms with Crippen LogP contribution >= 0.6 is 12.4 Å². The van der Waals surface area contributed by atoms with Gasteiger partial charge in [-0.2, -0.15) is 0 Å². The first-order chi connectivity index (χ1) is 8.52. The summed E-state index contributed by atoms with van der Waals surface area (Å²) in [4.78, 5) is 13.2. The number of ether oxygens (including phenoxy) is 1. The van der Waals surface area contributed by atoms with Crippen molar-refractivity contribution in [2.75, 3.05) is 26.2 Å². The van der Waals surface area contributed by atoms with Crippen LogP contribution in [0.3, 0.4) is 0 Å². The molecule has 1 amide bonds. The maximum absolute atomic E-state index is 11.4. The summed E-state index contributed by atoms with van der Waals surface area (Å²) in [6.45, 7) is 6.63. The number of halogens is 1.